The molecule has 2 aliphatic rings. The van der Waals surface area contributed by atoms with Crippen LogP contribution in [0.1, 0.15) is 32.3 Å². The van der Waals surface area contributed by atoms with Crippen molar-refractivity contribution in [2.45, 2.75) is 32.8 Å². The molecular formula is C24H27N5O2. The molecule has 31 heavy (non-hydrogen) atoms. The lowest BCUT2D eigenvalue weighted by molar-refractivity contribution is 0.221. The molecule has 0 aromatic heterocycles. The molecule has 0 bridgehead atoms. The lowest BCUT2D eigenvalue weighted by Gasteiger charge is -2.47. The van der Waals surface area contributed by atoms with E-state index in [9.17, 15) is 15.8 Å². The number of hydrogen-bond acceptors (Lipinski definition) is 7. The Bertz CT molecular complexity index is 1010. The fraction of sp³-hybridized carbons (Fsp3) is 0.500. The Labute approximate surface area is 183 Å². The van der Waals surface area contributed by atoms with Crippen LogP contribution >= 0.6 is 0 Å². The molecule has 7 nitrogen and oxygen atoms in total. The number of nitrogens with zero attached hydrogens (tertiary/aromatic N) is 4. The van der Waals surface area contributed by atoms with E-state index in [1.54, 1.807) is 6.07 Å². The largest absolute Gasteiger partial charge is 0.490 e. The van der Waals surface area contributed by atoms with Crippen molar-refractivity contribution in [2.75, 3.05) is 26.7 Å². The molecule has 160 valence electrons. The molecule has 1 aliphatic heterocycles. The first kappa shape index (κ1) is 22.3. The van der Waals surface area contributed by atoms with Gasteiger partial charge in [-0.25, -0.2) is 0 Å². The van der Waals surface area contributed by atoms with E-state index in [1.807, 2.05) is 46.0 Å². The van der Waals surface area contributed by atoms with E-state index in [2.05, 4.69) is 23.1 Å². The number of nitrogens with one attached hydrogen (secondary N) is 1. The van der Waals surface area contributed by atoms with Gasteiger partial charge in [-0.2, -0.15) is 15.8 Å². The van der Waals surface area contributed by atoms with Crippen LogP contribution in [-0.4, -0.2) is 43.5 Å². The zero-order valence-corrected chi connectivity index (χ0v) is 18.3. The van der Waals surface area contributed by atoms with Crippen molar-refractivity contribution in [1.82, 2.24) is 4.90 Å². The third kappa shape index (κ3) is 3.76. The maximum atomic E-state index is 10.1. The number of likely N-dealkylation sites (N-methyl/N-ethyl adjacent to an activating group) is 1. The molecule has 1 aromatic carbocycles. The van der Waals surface area contributed by atoms with Crippen molar-refractivity contribution >= 4 is 5.71 Å². The summed E-state index contributed by atoms with van der Waals surface area (Å²) in [5.41, 5.74) is -0.311. The average molecular weight is 418 g/mol. The van der Waals surface area contributed by atoms with Crippen molar-refractivity contribution in [3.05, 3.63) is 35.4 Å². The van der Waals surface area contributed by atoms with Crippen LogP contribution in [0.25, 0.3) is 0 Å². The first-order chi connectivity index (χ1) is 14.8. The fourth-order valence-electron chi connectivity index (χ4n) is 4.67. The first-order valence-corrected chi connectivity index (χ1v) is 10.5. The molecule has 0 saturated heterocycles. The summed E-state index contributed by atoms with van der Waals surface area (Å²) in [6, 6.07) is 11.9. The van der Waals surface area contributed by atoms with E-state index in [-0.39, 0.29) is 17.7 Å². The van der Waals surface area contributed by atoms with Gasteiger partial charge in [0.25, 0.3) is 0 Å². The first-order valence-electron chi connectivity index (χ1n) is 10.5. The topological polar surface area (TPSA) is 117 Å². The summed E-state index contributed by atoms with van der Waals surface area (Å²) in [6.45, 7) is 7.45. The zero-order valence-electron chi connectivity index (χ0n) is 18.3. The molecule has 0 spiro atoms. The van der Waals surface area contributed by atoms with Crippen molar-refractivity contribution in [3.8, 4) is 29.7 Å². The minimum Gasteiger partial charge on any atom is -0.490 e. The van der Waals surface area contributed by atoms with E-state index in [0.717, 1.165) is 11.1 Å². The van der Waals surface area contributed by atoms with Gasteiger partial charge in [0.15, 0.2) is 16.9 Å². The molecule has 1 aliphatic carbocycles. The van der Waals surface area contributed by atoms with Gasteiger partial charge in [0, 0.05) is 24.9 Å². The standard InChI is InChI=1S/C24H27N5O2/c1-5-30-21-10-16(6-7-20(21)31-15(2)3)22-19-12-29(4)9-8-17(19)18(11-25)23(28)24(22,13-26)14-27/h6-8,10,15,18-19,22,28H,5,9,12H2,1-4H3/t18-,19-,22+/m1/s1. The van der Waals surface area contributed by atoms with Crippen LogP contribution in [0.4, 0.5) is 0 Å². The second-order valence-corrected chi connectivity index (χ2v) is 8.32. The van der Waals surface area contributed by atoms with Gasteiger partial charge < -0.3 is 19.8 Å². The second-order valence-electron chi connectivity index (χ2n) is 8.32. The van der Waals surface area contributed by atoms with Gasteiger partial charge in [0.1, 0.15) is 5.92 Å². The van der Waals surface area contributed by atoms with Crippen molar-refractivity contribution < 1.29 is 9.47 Å². The summed E-state index contributed by atoms with van der Waals surface area (Å²) in [4.78, 5) is 2.10. The molecule has 1 aromatic rings. The monoisotopic (exact) mass is 417 g/mol. The summed E-state index contributed by atoms with van der Waals surface area (Å²) < 4.78 is 11.7. The van der Waals surface area contributed by atoms with Crippen LogP contribution in [0.3, 0.4) is 0 Å². The van der Waals surface area contributed by atoms with Crippen molar-refractivity contribution in [3.63, 3.8) is 0 Å². The van der Waals surface area contributed by atoms with E-state index < -0.39 is 17.3 Å². The number of fused-ring (bicyclic) bond motifs is 1. The molecule has 3 rings (SSSR count). The number of ether oxygens (including phenoxy) is 2. The fourth-order valence-corrected chi connectivity index (χ4v) is 4.67. The van der Waals surface area contributed by atoms with Crippen LogP contribution < -0.4 is 9.47 Å². The number of nitriles is 3. The predicted molar refractivity (Wildman–Crippen MR) is 116 cm³/mol. The normalized spacial score (nSPS) is 24.9. The van der Waals surface area contributed by atoms with Gasteiger partial charge in [-0.15, -0.1) is 0 Å². The molecule has 0 amide bonds. The molecule has 0 radical (unpaired) electrons. The summed E-state index contributed by atoms with van der Waals surface area (Å²) in [5.74, 6) is -0.548. The molecule has 7 heteroatoms. The lowest BCUT2D eigenvalue weighted by atomic mass is 9.54. The highest BCUT2D eigenvalue weighted by molar-refractivity contribution is 6.00. The smallest absolute Gasteiger partial charge is 0.189 e. The van der Waals surface area contributed by atoms with Crippen LogP contribution in [0.15, 0.2) is 29.8 Å². The molecule has 1 heterocycles. The van der Waals surface area contributed by atoms with Crippen LogP contribution in [-0.2, 0) is 0 Å². The third-order valence-electron chi connectivity index (χ3n) is 5.96. The highest BCUT2D eigenvalue weighted by atomic mass is 16.5. The van der Waals surface area contributed by atoms with E-state index in [0.29, 0.717) is 31.2 Å². The Morgan fingerprint density at radius 1 is 1.23 bits per heavy atom. The minimum atomic E-state index is -1.73. The molecule has 1 N–H and O–H groups in total. The number of benzene rings is 1. The van der Waals surface area contributed by atoms with Gasteiger partial charge in [-0.05, 0) is 51.1 Å². The quantitative estimate of drug-likeness (QED) is 0.731. The lowest BCUT2D eigenvalue weighted by Crippen LogP contribution is -2.52. The maximum absolute atomic E-state index is 10.1. The van der Waals surface area contributed by atoms with Crippen LogP contribution in [0, 0.1) is 56.7 Å². The average Bonchev–Trinajstić information content (AvgIpc) is 2.74. The van der Waals surface area contributed by atoms with Gasteiger partial charge in [-0.1, -0.05) is 12.1 Å². The Kier molecular flexibility index (Phi) is 6.34. The summed E-state index contributed by atoms with van der Waals surface area (Å²) in [6.07, 6.45) is 1.94. The molecule has 1 saturated carbocycles. The summed E-state index contributed by atoms with van der Waals surface area (Å²) in [7, 11) is 1.97. The molecular weight excluding hydrogens is 390 g/mol. The molecule has 3 atom stereocenters. The van der Waals surface area contributed by atoms with Gasteiger partial charge in [0.2, 0.25) is 0 Å². The van der Waals surface area contributed by atoms with Crippen molar-refractivity contribution in [1.29, 1.82) is 21.2 Å². The third-order valence-corrected chi connectivity index (χ3v) is 5.96. The zero-order chi connectivity index (χ0) is 22.8. The highest BCUT2D eigenvalue weighted by Crippen LogP contribution is 2.54. The molecule has 0 unspecified atom stereocenters. The Balaban J connectivity index is 2.22. The molecule has 1 fully saturated rings. The van der Waals surface area contributed by atoms with Gasteiger partial charge >= 0.3 is 0 Å². The van der Waals surface area contributed by atoms with Gasteiger partial charge in [-0.3, -0.25) is 0 Å². The Hall–Kier alpha value is -3.34. The maximum Gasteiger partial charge on any atom is 0.189 e. The number of hydrogen-bond donors (Lipinski definition) is 1. The van der Waals surface area contributed by atoms with E-state index >= 15 is 0 Å². The highest BCUT2D eigenvalue weighted by Gasteiger charge is 2.57. The Morgan fingerprint density at radius 3 is 2.52 bits per heavy atom. The SMILES string of the molecule is CCOc1cc([C@H]2[C@@H]3CN(C)CC=C3[C@@H](C#N)C(=N)C2(C#N)C#N)ccc1OC(C)C. The van der Waals surface area contributed by atoms with Crippen molar-refractivity contribution in [2.24, 2.45) is 17.3 Å². The van der Waals surface area contributed by atoms with E-state index in [4.69, 9.17) is 14.9 Å². The van der Waals surface area contributed by atoms with Crippen LogP contribution in [0.5, 0.6) is 11.5 Å². The Morgan fingerprint density at radius 2 is 1.94 bits per heavy atom. The van der Waals surface area contributed by atoms with E-state index in [1.165, 1.54) is 0 Å². The predicted octanol–water partition coefficient (Wildman–Crippen LogP) is 3.65. The van der Waals surface area contributed by atoms with Gasteiger partial charge in [0.05, 0.1) is 36.6 Å². The minimum absolute atomic E-state index is 0.0388. The summed E-state index contributed by atoms with van der Waals surface area (Å²) in [5, 5.41) is 38.8. The van der Waals surface area contributed by atoms with Crippen LogP contribution in [0.2, 0.25) is 0 Å². The second kappa shape index (κ2) is 8.80. The number of rotatable bonds is 5. The summed E-state index contributed by atoms with van der Waals surface area (Å²) >= 11 is 0.